The quantitative estimate of drug-likeness (QED) is 0.849. The molecule has 0 bridgehead atoms. The fourth-order valence-electron chi connectivity index (χ4n) is 2.60. The Hall–Kier alpha value is -1.30. The van der Waals surface area contributed by atoms with Gasteiger partial charge in [0.1, 0.15) is 0 Å². The van der Waals surface area contributed by atoms with Crippen LogP contribution in [0.1, 0.15) is 11.1 Å². The lowest BCUT2D eigenvalue weighted by Gasteiger charge is -2.28. The van der Waals surface area contributed by atoms with Gasteiger partial charge in [-0.15, -0.1) is 0 Å². The molecule has 0 saturated carbocycles. The Labute approximate surface area is 120 Å². The molecule has 1 heterocycles. The predicted octanol–water partition coefficient (Wildman–Crippen LogP) is 1.26. The number of ether oxygens (including phenoxy) is 3. The van der Waals surface area contributed by atoms with E-state index < -0.39 is 0 Å². The van der Waals surface area contributed by atoms with Gasteiger partial charge in [-0.25, -0.2) is 0 Å². The number of nitrogens with zero attached hydrogens (tertiary/aromatic N) is 1. The van der Waals surface area contributed by atoms with Crippen molar-refractivity contribution >= 4 is 0 Å². The first kappa shape index (κ1) is 15.1. The molecule has 0 spiro atoms. The van der Waals surface area contributed by atoms with E-state index in [1.807, 2.05) is 0 Å². The zero-order valence-corrected chi connectivity index (χ0v) is 12.6. The average molecular weight is 280 g/mol. The van der Waals surface area contributed by atoms with Crippen molar-refractivity contribution in [3.63, 3.8) is 0 Å². The summed E-state index contributed by atoms with van der Waals surface area (Å²) in [6, 6.07) is 4.17. The lowest BCUT2D eigenvalue weighted by Crippen LogP contribution is -2.42. The minimum atomic E-state index is 0.521. The van der Waals surface area contributed by atoms with Crippen LogP contribution in [-0.2, 0) is 17.9 Å². The van der Waals surface area contributed by atoms with Crippen molar-refractivity contribution in [2.75, 3.05) is 47.5 Å². The van der Waals surface area contributed by atoms with Crippen LogP contribution in [-0.4, -0.2) is 52.4 Å². The summed E-state index contributed by atoms with van der Waals surface area (Å²) in [7, 11) is 5.04. The maximum Gasteiger partial charge on any atom is 0.166 e. The molecule has 1 saturated heterocycles. The molecule has 0 amide bonds. The van der Waals surface area contributed by atoms with E-state index in [9.17, 15) is 0 Å². The number of benzene rings is 1. The Balaban J connectivity index is 2.23. The molecule has 1 aliphatic rings. The van der Waals surface area contributed by atoms with Gasteiger partial charge in [-0.3, -0.25) is 4.90 Å². The molecule has 5 nitrogen and oxygen atoms in total. The van der Waals surface area contributed by atoms with Gasteiger partial charge >= 0.3 is 0 Å². The molecule has 0 aliphatic carbocycles. The SMILES string of the molecule is COCc1ccc(CN2CCNCC2)c(OC)c1OC. The molecular weight excluding hydrogens is 256 g/mol. The average Bonchev–Trinajstić information content (AvgIpc) is 2.49. The Bertz CT molecular complexity index is 431. The molecule has 0 radical (unpaired) electrons. The predicted molar refractivity (Wildman–Crippen MR) is 78.4 cm³/mol. The van der Waals surface area contributed by atoms with E-state index >= 15 is 0 Å². The summed E-state index contributed by atoms with van der Waals surface area (Å²) < 4.78 is 16.3. The van der Waals surface area contributed by atoms with Crippen LogP contribution >= 0.6 is 0 Å². The maximum absolute atomic E-state index is 5.57. The van der Waals surface area contributed by atoms with Crippen molar-refractivity contribution in [1.29, 1.82) is 0 Å². The molecule has 0 unspecified atom stereocenters. The van der Waals surface area contributed by atoms with Gasteiger partial charge in [-0.2, -0.15) is 0 Å². The smallest absolute Gasteiger partial charge is 0.166 e. The number of hydrogen-bond acceptors (Lipinski definition) is 5. The van der Waals surface area contributed by atoms with E-state index in [2.05, 4.69) is 22.3 Å². The highest BCUT2D eigenvalue weighted by atomic mass is 16.5. The fraction of sp³-hybridized carbons (Fsp3) is 0.600. The van der Waals surface area contributed by atoms with Crippen molar-refractivity contribution in [3.05, 3.63) is 23.3 Å². The van der Waals surface area contributed by atoms with Gasteiger partial charge in [0.25, 0.3) is 0 Å². The highest BCUT2D eigenvalue weighted by Gasteiger charge is 2.18. The first-order valence-electron chi connectivity index (χ1n) is 6.95. The Morgan fingerprint density at radius 1 is 1.00 bits per heavy atom. The third kappa shape index (κ3) is 3.42. The second-order valence-corrected chi connectivity index (χ2v) is 4.91. The lowest BCUT2D eigenvalue weighted by molar-refractivity contribution is 0.180. The summed E-state index contributed by atoms with van der Waals surface area (Å²) in [5.74, 6) is 1.60. The normalized spacial score (nSPS) is 16.1. The second kappa shape index (κ2) is 7.47. The van der Waals surface area contributed by atoms with Crippen molar-refractivity contribution < 1.29 is 14.2 Å². The first-order valence-corrected chi connectivity index (χ1v) is 6.95. The maximum atomic E-state index is 5.57. The zero-order valence-electron chi connectivity index (χ0n) is 12.6. The van der Waals surface area contributed by atoms with Gasteiger partial charge in [-0.05, 0) is 0 Å². The summed E-state index contributed by atoms with van der Waals surface area (Å²) in [6.45, 7) is 5.61. The molecule has 0 atom stereocenters. The number of hydrogen-bond donors (Lipinski definition) is 1. The first-order chi connectivity index (χ1) is 9.80. The Morgan fingerprint density at radius 2 is 1.60 bits per heavy atom. The van der Waals surface area contributed by atoms with Gasteiger partial charge < -0.3 is 19.5 Å². The molecule has 1 aliphatic heterocycles. The van der Waals surface area contributed by atoms with Gasteiger partial charge in [0.2, 0.25) is 0 Å². The molecule has 1 fully saturated rings. The minimum absolute atomic E-state index is 0.521. The van der Waals surface area contributed by atoms with E-state index in [0.29, 0.717) is 6.61 Å². The van der Waals surface area contributed by atoms with Gasteiger partial charge in [0, 0.05) is 51.0 Å². The van der Waals surface area contributed by atoms with Crippen molar-refractivity contribution in [3.8, 4) is 11.5 Å². The van der Waals surface area contributed by atoms with E-state index in [0.717, 1.165) is 55.3 Å². The van der Waals surface area contributed by atoms with Gasteiger partial charge in [0.15, 0.2) is 11.5 Å². The molecule has 20 heavy (non-hydrogen) atoms. The summed E-state index contributed by atoms with van der Waals surface area (Å²) in [4.78, 5) is 2.42. The van der Waals surface area contributed by atoms with Crippen molar-refractivity contribution in [2.45, 2.75) is 13.2 Å². The third-order valence-corrected chi connectivity index (χ3v) is 3.59. The van der Waals surface area contributed by atoms with Crippen LogP contribution in [0.3, 0.4) is 0 Å². The van der Waals surface area contributed by atoms with E-state index in [4.69, 9.17) is 14.2 Å². The van der Waals surface area contributed by atoms with Crippen LogP contribution < -0.4 is 14.8 Å². The van der Waals surface area contributed by atoms with Crippen molar-refractivity contribution in [2.24, 2.45) is 0 Å². The van der Waals surface area contributed by atoms with Crippen LogP contribution in [0.4, 0.5) is 0 Å². The highest BCUT2D eigenvalue weighted by Crippen LogP contribution is 2.35. The standard InChI is InChI=1S/C15H24N2O3/c1-18-11-13-5-4-12(14(19-2)15(13)20-3)10-17-8-6-16-7-9-17/h4-5,16H,6-11H2,1-3H3. The molecule has 2 rings (SSSR count). The highest BCUT2D eigenvalue weighted by molar-refractivity contribution is 5.51. The van der Waals surface area contributed by atoms with Crippen LogP contribution in [0, 0.1) is 0 Å². The monoisotopic (exact) mass is 280 g/mol. The molecule has 5 heteroatoms. The number of nitrogens with one attached hydrogen (secondary N) is 1. The summed E-state index contributed by atoms with van der Waals surface area (Å²) in [5.41, 5.74) is 2.17. The minimum Gasteiger partial charge on any atom is -0.493 e. The lowest BCUT2D eigenvalue weighted by atomic mass is 10.1. The molecule has 1 aromatic carbocycles. The molecule has 1 N–H and O–H groups in total. The third-order valence-electron chi connectivity index (χ3n) is 3.59. The summed E-state index contributed by atoms with van der Waals surface area (Å²) in [6.07, 6.45) is 0. The summed E-state index contributed by atoms with van der Waals surface area (Å²) >= 11 is 0. The van der Waals surface area contributed by atoms with E-state index in [-0.39, 0.29) is 0 Å². The van der Waals surface area contributed by atoms with E-state index in [1.54, 1.807) is 21.3 Å². The number of piperazine rings is 1. The topological polar surface area (TPSA) is 43.0 Å². The van der Waals surface area contributed by atoms with E-state index in [1.165, 1.54) is 0 Å². The second-order valence-electron chi connectivity index (χ2n) is 4.91. The van der Waals surface area contributed by atoms with Gasteiger partial charge in [0.05, 0.1) is 20.8 Å². The summed E-state index contributed by atoms with van der Waals surface area (Å²) in [5, 5.41) is 3.36. The molecular formula is C15H24N2O3. The Kier molecular flexibility index (Phi) is 5.64. The molecule has 1 aromatic rings. The van der Waals surface area contributed by atoms with Crippen LogP contribution in [0.15, 0.2) is 12.1 Å². The number of methoxy groups -OCH3 is 3. The largest absolute Gasteiger partial charge is 0.493 e. The van der Waals surface area contributed by atoms with Crippen LogP contribution in [0.2, 0.25) is 0 Å². The van der Waals surface area contributed by atoms with Crippen LogP contribution in [0.5, 0.6) is 11.5 Å². The van der Waals surface area contributed by atoms with Crippen LogP contribution in [0.25, 0.3) is 0 Å². The number of rotatable bonds is 6. The molecule has 0 aromatic heterocycles. The Morgan fingerprint density at radius 3 is 2.20 bits per heavy atom. The van der Waals surface area contributed by atoms with Gasteiger partial charge in [-0.1, -0.05) is 12.1 Å². The zero-order chi connectivity index (χ0) is 14.4. The van der Waals surface area contributed by atoms with Crippen molar-refractivity contribution in [1.82, 2.24) is 10.2 Å². The molecule has 112 valence electrons. The fourth-order valence-corrected chi connectivity index (χ4v) is 2.60.